The number of carboxylic acids is 1. The van der Waals surface area contributed by atoms with E-state index in [0.717, 1.165) is 16.3 Å². The highest BCUT2D eigenvalue weighted by molar-refractivity contribution is 5.91. The van der Waals surface area contributed by atoms with Gasteiger partial charge in [0.15, 0.2) is 0 Å². The fraction of sp³-hybridized carbons (Fsp3) is 0.200. The maximum Gasteiger partial charge on any atom is 0.224 e. The minimum absolute atomic E-state index is 0.152. The summed E-state index contributed by atoms with van der Waals surface area (Å²) < 4.78 is 0. The van der Waals surface area contributed by atoms with Crippen LogP contribution in [-0.2, 0) is 16.0 Å². The standard InChI is InChI=1S/C15H15NO3/c1-10(15(18)19)16-14(17)9-12-7-4-6-11-5-2-3-8-13(11)12/h2-8,10H,9H2,1H3,(H,16,17)(H,18,19)/p-1/t10-/m0/s1. The Morgan fingerprint density at radius 2 is 1.84 bits per heavy atom. The first-order valence-corrected chi connectivity index (χ1v) is 6.05. The Kier molecular flexibility index (Phi) is 3.80. The summed E-state index contributed by atoms with van der Waals surface area (Å²) in [5, 5.41) is 15.0. The molecule has 1 amide bonds. The average molecular weight is 256 g/mol. The molecule has 98 valence electrons. The van der Waals surface area contributed by atoms with Crippen LogP contribution < -0.4 is 10.4 Å². The van der Waals surface area contributed by atoms with E-state index >= 15 is 0 Å². The number of hydrogen-bond donors (Lipinski definition) is 1. The Labute approximate surface area is 111 Å². The monoisotopic (exact) mass is 256 g/mol. The van der Waals surface area contributed by atoms with Gasteiger partial charge in [0.05, 0.1) is 18.4 Å². The molecule has 0 heterocycles. The van der Waals surface area contributed by atoms with Gasteiger partial charge in [-0.25, -0.2) is 0 Å². The van der Waals surface area contributed by atoms with Gasteiger partial charge in [-0.05, 0) is 23.3 Å². The van der Waals surface area contributed by atoms with E-state index in [0.29, 0.717) is 0 Å². The number of amides is 1. The molecule has 2 aromatic carbocycles. The van der Waals surface area contributed by atoms with E-state index in [1.54, 1.807) is 0 Å². The van der Waals surface area contributed by atoms with Crippen LogP contribution in [0.3, 0.4) is 0 Å². The number of carbonyl (C=O) groups excluding carboxylic acids is 2. The summed E-state index contributed by atoms with van der Waals surface area (Å²) in [6, 6.07) is 12.5. The van der Waals surface area contributed by atoms with Crippen molar-refractivity contribution in [2.45, 2.75) is 19.4 Å². The van der Waals surface area contributed by atoms with E-state index in [-0.39, 0.29) is 12.3 Å². The molecule has 4 heteroatoms. The number of carboxylic acid groups (broad SMARTS) is 1. The van der Waals surface area contributed by atoms with Crippen LogP contribution in [0.5, 0.6) is 0 Å². The van der Waals surface area contributed by atoms with Gasteiger partial charge in [-0.15, -0.1) is 0 Å². The van der Waals surface area contributed by atoms with Crippen LogP contribution >= 0.6 is 0 Å². The highest BCUT2D eigenvalue weighted by Gasteiger charge is 2.10. The fourth-order valence-electron chi connectivity index (χ4n) is 1.97. The Morgan fingerprint density at radius 1 is 1.16 bits per heavy atom. The largest absolute Gasteiger partial charge is 0.548 e. The molecule has 0 unspecified atom stereocenters. The van der Waals surface area contributed by atoms with E-state index < -0.39 is 12.0 Å². The first-order valence-electron chi connectivity index (χ1n) is 6.05. The minimum atomic E-state index is -1.29. The average Bonchev–Trinajstić information content (AvgIpc) is 2.39. The van der Waals surface area contributed by atoms with Crippen LogP contribution in [0.4, 0.5) is 0 Å². The number of rotatable bonds is 4. The normalized spacial score (nSPS) is 12.1. The summed E-state index contributed by atoms with van der Waals surface area (Å²) in [7, 11) is 0. The Balaban J connectivity index is 2.17. The molecule has 0 aromatic heterocycles. The van der Waals surface area contributed by atoms with Crippen molar-refractivity contribution in [3.8, 4) is 0 Å². The number of benzene rings is 2. The minimum Gasteiger partial charge on any atom is -0.548 e. The quantitative estimate of drug-likeness (QED) is 0.872. The number of carbonyl (C=O) groups is 2. The number of aliphatic carboxylic acids is 1. The zero-order valence-electron chi connectivity index (χ0n) is 10.6. The number of fused-ring (bicyclic) bond motifs is 1. The van der Waals surface area contributed by atoms with Crippen molar-refractivity contribution in [3.63, 3.8) is 0 Å². The van der Waals surface area contributed by atoms with Gasteiger partial charge in [0.1, 0.15) is 0 Å². The zero-order valence-corrected chi connectivity index (χ0v) is 10.6. The lowest BCUT2D eigenvalue weighted by Gasteiger charge is -2.15. The van der Waals surface area contributed by atoms with Gasteiger partial charge in [-0.3, -0.25) is 4.79 Å². The number of nitrogens with one attached hydrogen (secondary N) is 1. The molecule has 0 saturated carbocycles. The topological polar surface area (TPSA) is 69.2 Å². The van der Waals surface area contributed by atoms with Crippen molar-refractivity contribution in [2.75, 3.05) is 0 Å². The molecule has 0 radical (unpaired) electrons. The highest BCUT2D eigenvalue weighted by atomic mass is 16.4. The molecule has 0 aliphatic rings. The highest BCUT2D eigenvalue weighted by Crippen LogP contribution is 2.18. The molecule has 1 N–H and O–H groups in total. The van der Waals surface area contributed by atoms with Crippen LogP contribution in [0.15, 0.2) is 42.5 Å². The molecule has 4 nitrogen and oxygen atoms in total. The first kappa shape index (κ1) is 13.1. The molecule has 0 aliphatic heterocycles. The predicted octanol–water partition coefficient (Wildman–Crippen LogP) is 0.637. The molecular weight excluding hydrogens is 242 g/mol. The Morgan fingerprint density at radius 3 is 2.58 bits per heavy atom. The third-order valence-electron chi connectivity index (χ3n) is 2.96. The van der Waals surface area contributed by atoms with Crippen LogP contribution in [0.25, 0.3) is 10.8 Å². The van der Waals surface area contributed by atoms with E-state index in [1.807, 2.05) is 42.5 Å². The van der Waals surface area contributed by atoms with Crippen LogP contribution in [0, 0.1) is 0 Å². The van der Waals surface area contributed by atoms with Crippen LogP contribution in [0.1, 0.15) is 12.5 Å². The zero-order chi connectivity index (χ0) is 13.8. The smallest absolute Gasteiger partial charge is 0.224 e. The molecule has 2 rings (SSSR count). The molecule has 0 saturated heterocycles. The molecule has 1 atom stereocenters. The third-order valence-corrected chi connectivity index (χ3v) is 2.96. The SMILES string of the molecule is C[C@H](NC(=O)Cc1cccc2ccccc12)C(=O)[O-]. The Hall–Kier alpha value is -2.36. The van der Waals surface area contributed by atoms with Crippen molar-refractivity contribution >= 4 is 22.6 Å². The van der Waals surface area contributed by atoms with Gasteiger partial charge in [0.25, 0.3) is 0 Å². The number of hydrogen-bond acceptors (Lipinski definition) is 3. The second-order valence-electron chi connectivity index (χ2n) is 4.42. The molecule has 2 aromatic rings. The molecule has 19 heavy (non-hydrogen) atoms. The van der Waals surface area contributed by atoms with E-state index in [2.05, 4.69) is 5.32 Å². The van der Waals surface area contributed by atoms with E-state index in [1.165, 1.54) is 6.92 Å². The molecule has 0 aliphatic carbocycles. The van der Waals surface area contributed by atoms with Gasteiger partial charge >= 0.3 is 0 Å². The first-order chi connectivity index (χ1) is 9.08. The summed E-state index contributed by atoms with van der Waals surface area (Å²) in [5.41, 5.74) is 0.876. The Bertz CT molecular complexity index is 616. The van der Waals surface area contributed by atoms with Crippen molar-refractivity contribution in [3.05, 3.63) is 48.0 Å². The lowest BCUT2D eigenvalue weighted by molar-refractivity contribution is -0.307. The van der Waals surface area contributed by atoms with Crippen LogP contribution in [-0.4, -0.2) is 17.9 Å². The van der Waals surface area contributed by atoms with Crippen LogP contribution in [0.2, 0.25) is 0 Å². The van der Waals surface area contributed by atoms with Gasteiger partial charge in [0.2, 0.25) is 5.91 Å². The molecular formula is C15H14NO3-. The second kappa shape index (κ2) is 5.52. The van der Waals surface area contributed by atoms with Crippen molar-refractivity contribution in [1.29, 1.82) is 0 Å². The predicted molar refractivity (Wildman–Crippen MR) is 70.3 cm³/mol. The summed E-state index contributed by atoms with van der Waals surface area (Å²) in [6.45, 7) is 1.39. The van der Waals surface area contributed by atoms with Gasteiger partial charge in [0, 0.05) is 0 Å². The van der Waals surface area contributed by atoms with Crippen molar-refractivity contribution < 1.29 is 14.7 Å². The summed E-state index contributed by atoms with van der Waals surface area (Å²) in [6.07, 6.45) is 0.152. The van der Waals surface area contributed by atoms with Crippen molar-refractivity contribution in [2.24, 2.45) is 0 Å². The van der Waals surface area contributed by atoms with E-state index in [4.69, 9.17) is 0 Å². The van der Waals surface area contributed by atoms with E-state index in [9.17, 15) is 14.7 Å². The maximum atomic E-state index is 11.8. The lowest BCUT2D eigenvalue weighted by atomic mass is 10.0. The van der Waals surface area contributed by atoms with Gasteiger partial charge in [-0.1, -0.05) is 42.5 Å². The lowest BCUT2D eigenvalue weighted by Crippen LogP contribution is -2.46. The van der Waals surface area contributed by atoms with Gasteiger partial charge in [-0.2, -0.15) is 0 Å². The summed E-state index contributed by atoms with van der Waals surface area (Å²) >= 11 is 0. The molecule has 0 bridgehead atoms. The fourth-order valence-corrected chi connectivity index (χ4v) is 1.97. The summed E-state index contributed by atoms with van der Waals surface area (Å²) in [4.78, 5) is 22.3. The van der Waals surface area contributed by atoms with Crippen molar-refractivity contribution in [1.82, 2.24) is 5.32 Å². The molecule has 0 fully saturated rings. The van der Waals surface area contributed by atoms with Gasteiger partial charge < -0.3 is 15.2 Å². The third kappa shape index (κ3) is 3.10. The molecule has 0 spiro atoms. The summed E-state index contributed by atoms with van der Waals surface area (Å²) in [5.74, 6) is -1.61. The second-order valence-corrected chi connectivity index (χ2v) is 4.42. The maximum absolute atomic E-state index is 11.8.